The van der Waals surface area contributed by atoms with Gasteiger partial charge in [-0.3, -0.25) is 4.79 Å². The summed E-state index contributed by atoms with van der Waals surface area (Å²) in [6.45, 7) is 2.32. The van der Waals surface area contributed by atoms with Gasteiger partial charge in [-0.1, -0.05) is 6.92 Å². The van der Waals surface area contributed by atoms with Gasteiger partial charge >= 0.3 is 5.97 Å². The molecule has 0 fully saturated rings. The molecule has 1 aromatic heterocycles. The Morgan fingerprint density at radius 1 is 1.30 bits per heavy atom. The zero-order valence-corrected chi connectivity index (χ0v) is 10.9. The summed E-state index contributed by atoms with van der Waals surface area (Å²) in [5.74, 6) is -0.749. The molecule has 0 saturated carbocycles. The van der Waals surface area contributed by atoms with Crippen LogP contribution in [-0.2, 0) is 4.74 Å². The third kappa shape index (κ3) is 3.41. The van der Waals surface area contributed by atoms with E-state index >= 15 is 0 Å². The molecule has 2 aromatic rings. The van der Waals surface area contributed by atoms with Crippen molar-refractivity contribution >= 4 is 17.6 Å². The molecule has 20 heavy (non-hydrogen) atoms. The first-order chi connectivity index (χ1) is 9.70. The van der Waals surface area contributed by atoms with E-state index in [9.17, 15) is 9.59 Å². The highest BCUT2D eigenvalue weighted by atomic mass is 16.5. The average molecular weight is 274 g/mol. The Morgan fingerprint density at radius 2 is 2.05 bits per heavy atom. The molecule has 1 amide bonds. The summed E-state index contributed by atoms with van der Waals surface area (Å²) in [7, 11) is 0. The highest BCUT2D eigenvalue weighted by Gasteiger charge is 2.10. The number of hydrogen-bond donors (Lipinski definition) is 2. The number of carbonyl (C=O) groups is 2. The van der Waals surface area contributed by atoms with Crippen LogP contribution in [0.2, 0.25) is 0 Å². The Hall–Kier alpha value is -2.70. The first-order valence-electron chi connectivity index (χ1n) is 6.15. The van der Waals surface area contributed by atoms with E-state index in [0.29, 0.717) is 17.9 Å². The van der Waals surface area contributed by atoms with Crippen molar-refractivity contribution in [3.8, 4) is 0 Å². The Bertz CT molecular complexity index is 578. The molecular weight excluding hydrogens is 260 g/mol. The summed E-state index contributed by atoms with van der Waals surface area (Å²) >= 11 is 0. The fourth-order valence-electron chi connectivity index (χ4n) is 1.47. The lowest BCUT2D eigenvalue weighted by Crippen LogP contribution is -2.12. The van der Waals surface area contributed by atoms with Crippen molar-refractivity contribution in [3.63, 3.8) is 0 Å². The van der Waals surface area contributed by atoms with E-state index in [1.807, 2.05) is 6.92 Å². The van der Waals surface area contributed by atoms with Crippen LogP contribution >= 0.6 is 0 Å². The fraction of sp³-hybridized carbons (Fsp3) is 0.231. The molecule has 1 aromatic carbocycles. The normalized spacial score (nSPS) is 10.1. The zero-order chi connectivity index (χ0) is 14.4. The van der Waals surface area contributed by atoms with Crippen molar-refractivity contribution in [2.45, 2.75) is 13.3 Å². The number of carbonyl (C=O) groups excluding carboxylic acids is 2. The molecule has 7 heteroatoms. The minimum Gasteiger partial charge on any atom is -0.462 e. The summed E-state index contributed by atoms with van der Waals surface area (Å²) in [5.41, 5.74) is 1.19. The quantitative estimate of drug-likeness (QED) is 0.807. The molecule has 0 spiro atoms. The Labute approximate surface area is 115 Å². The van der Waals surface area contributed by atoms with Gasteiger partial charge in [0.1, 0.15) is 0 Å². The summed E-state index contributed by atoms with van der Waals surface area (Å²) in [5, 5.41) is 12.2. The van der Waals surface area contributed by atoms with Gasteiger partial charge in [0.2, 0.25) is 0 Å². The Balaban J connectivity index is 1.98. The van der Waals surface area contributed by atoms with Crippen LogP contribution in [0.1, 0.15) is 34.2 Å². The second kappa shape index (κ2) is 6.46. The van der Waals surface area contributed by atoms with E-state index in [0.717, 1.165) is 6.42 Å². The predicted molar refractivity (Wildman–Crippen MR) is 71.4 cm³/mol. The molecule has 1 heterocycles. The van der Waals surface area contributed by atoms with E-state index in [2.05, 4.69) is 20.7 Å². The molecule has 0 bridgehead atoms. The third-order valence-electron chi connectivity index (χ3n) is 2.46. The lowest BCUT2D eigenvalue weighted by Gasteiger charge is -2.05. The van der Waals surface area contributed by atoms with Crippen LogP contribution in [0.4, 0.5) is 5.69 Å². The van der Waals surface area contributed by atoms with E-state index in [1.54, 1.807) is 24.3 Å². The van der Waals surface area contributed by atoms with E-state index < -0.39 is 0 Å². The maximum absolute atomic E-state index is 11.7. The smallest absolute Gasteiger partial charge is 0.338 e. The molecule has 7 nitrogen and oxygen atoms in total. The van der Waals surface area contributed by atoms with Crippen LogP contribution in [-0.4, -0.2) is 33.9 Å². The van der Waals surface area contributed by atoms with Crippen molar-refractivity contribution < 1.29 is 14.3 Å². The summed E-state index contributed by atoms with van der Waals surface area (Å²) in [6, 6.07) is 6.44. The van der Waals surface area contributed by atoms with Crippen LogP contribution in [0, 0.1) is 0 Å². The third-order valence-corrected chi connectivity index (χ3v) is 2.46. The van der Waals surface area contributed by atoms with Crippen LogP contribution in [0.3, 0.4) is 0 Å². The van der Waals surface area contributed by atoms with Gasteiger partial charge in [-0.15, -0.1) is 0 Å². The van der Waals surface area contributed by atoms with Crippen LogP contribution in [0.15, 0.2) is 30.5 Å². The number of esters is 1. The van der Waals surface area contributed by atoms with E-state index in [4.69, 9.17) is 4.74 Å². The highest BCUT2D eigenvalue weighted by molar-refractivity contribution is 6.02. The lowest BCUT2D eigenvalue weighted by molar-refractivity contribution is 0.0505. The van der Waals surface area contributed by atoms with Crippen molar-refractivity contribution in [3.05, 3.63) is 41.7 Å². The molecule has 0 saturated heterocycles. The van der Waals surface area contributed by atoms with Gasteiger partial charge in [-0.2, -0.15) is 15.4 Å². The number of amides is 1. The minimum atomic E-state index is -0.375. The van der Waals surface area contributed by atoms with Gasteiger partial charge < -0.3 is 10.1 Å². The van der Waals surface area contributed by atoms with E-state index in [-0.39, 0.29) is 17.6 Å². The second-order valence-electron chi connectivity index (χ2n) is 4.02. The van der Waals surface area contributed by atoms with Crippen molar-refractivity contribution in [2.75, 3.05) is 11.9 Å². The van der Waals surface area contributed by atoms with E-state index in [1.165, 1.54) is 6.20 Å². The summed E-state index contributed by atoms with van der Waals surface area (Å²) < 4.78 is 5.01. The summed E-state index contributed by atoms with van der Waals surface area (Å²) in [6.07, 6.45) is 2.10. The minimum absolute atomic E-state index is 0.191. The number of nitrogens with zero attached hydrogens (tertiary/aromatic N) is 2. The molecule has 0 aliphatic rings. The standard InChI is InChI=1S/C13H14N4O3/c1-2-7-20-13(19)9-3-5-10(6-4-9)15-12(18)11-8-14-17-16-11/h3-6,8H,2,7H2,1H3,(H,15,18)(H,14,16,17). The Morgan fingerprint density at radius 3 is 2.65 bits per heavy atom. The largest absolute Gasteiger partial charge is 0.462 e. The SMILES string of the molecule is CCCOC(=O)c1ccc(NC(=O)c2cn[nH]n2)cc1. The van der Waals surface area contributed by atoms with Crippen LogP contribution in [0.5, 0.6) is 0 Å². The van der Waals surface area contributed by atoms with Gasteiger partial charge in [0.05, 0.1) is 18.4 Å². The van der Waals surface area contributed by atoms with Crippen LogP contribution < -0.4 is 5.32 Å². The first-order valence-corrected chi connectivity index (χ1v) is 6.15. The number of anilines is 1. The first kappa shape index (κ1) is 13.7. The maximum Gasteiger partial charge on any atom is 0.338 e. The maximum atomic E-state index is 11.7. The van der Waals surface area contributed by atoms with Crippen molar-refractivity contribution in [1.29, 1.82) is 0 Å². The highest BCUT2D eigenvalue weighted by Crippen LogP contribution is 2.11. The predicted octanol–water partition coefficient (Wildman–Crippen LogP) is 1.62. The zero-order valence-electron chi connectivity index (χ0n) is 10.9. The van der Waals surface area contributed by atoms with Gasteiger partial charge in [-0.25, -0.2) is 4.79 Å². The number of H-pyrrole nitrogens is 1. The monoisotopic (exact) mass is 274 g/mol. The number of rotatable bonds is 5. The second-order valence-corrected chi connectivity index (χ2v) is 4.02. The molecule has 104 valence electrons. The molecule has 2 N–H and O–H groups in total. The van der Waals surface area contributed by atoms with Gasteiger partial charge in [0.25, 0.3) is 5.91 Å². The van der Waals surface area contributed by atoms with Crippen molar-refractivity contribution in [1.82, 2.24) is 15.4 Å². The number of benzene rings is 1. The number of aromatic nitrogens is 3. The number of hydrogen-bond acceptors (Lipinski definition) is 5. The van der Waals surface area contributed by atoms with Gasteiger partial charge in [0, 0.05) is 5.69 Å². The number of aromatic amines is 1. The number of ether oxygens (including phenoxy) is 1. The molecule has 0 unspecified atom stereocenters. The molecule has 0 aliphatic heterocycles. The summed E-state index contributed by atoms with van der Waals surface area (Å²) in [4.78, 5) is 23.3. The molecule has 0 atom stereocenters. The molecular formula is C13H14N4O3. The number of nitrogens with one attached hydrogen (secondary N) is 2. The fourth-order valence-corrected chi connectivity index (χ4v) is 1.47. The topological polar surface area (TPSA) is 97.0 Å². The Kier molecular flexibility index (Phi) is 4.43. The average Bonchev–Trinajstić information content (AvgIpc) is 3.00. The lowest BCUT2D eigenvalue weighted by atomic mass is 10.2. The molecule has 2 rings (SSSR count). The van der Waals surface area contributed by atoms with Gasteiger partial charge in [0.15, 0.2) is 5.69 Å². The van der Waals surface area contributed by atoms with Gasteiger partial charge in [-0.05, 0) is 30.7 Å². The van der Waals surface area contributed by atoms with Crippen LogP contribution in [0.25, 0.3) is 0 Å². The molecule has 0 radical (unpaired) electrons. The molecule has 0 aliphatic carbocycles. The van der Waals surface area contributed by atoms with Crippen molar-refractivity contribution in [2.24, 2.45) is 0 Å².